The predicted octanol–water partition coefficient (Wildman–Crippen LogP) is 2.14. The summed E-state index contributed by atoms with van der Waals surface area (Å²) in [6, 6.07) is 5.44. The van der Waals surface area contributed by atoms with E-state index in [1.165, 1.54) is 12.4 Å². The molecule has 25 heavy (non-hydrogen) atoms. The van der Waals surface area contributed by atoms with Crippen LogP contribution in [0.1, 0.15) is 17.4 Å². The van der Waals surface area contributed by atoms with Crippen LogP contribution in [0.15, 0.2) is 43.0 Å². The lowest BCUT2D eigenvalue weighted by molar-refractivity contribution is 0.102. The molecule has 0 saturated carbocycles. The summed E-state index contributed by atoms with van der Waals surface area (Å²) in [4.78, 5) is 20.6. The highest BCUT2D eigenvalue weighted by atomic mass is 16.1. The fourth-order valence-electron chi connectivity index (χ4n) is 2.32. The molecule has 3 rings (SSSR count). The van der Waals surface area contributed by atoms with Gasteiger partial charge in [-0.05, 0) is 24.6 Å². The molecule has 2 heterocycles. The van der Waals surface area contributed by atoms with Crippen molar-refractivity contribution in [2.24, 2.45) is 7.05 Å². The van der Waals surface area contributed by atoms with Crippen LogP contribution in [0, 0.1) is 0 Å². The lowest BCUT2D eigenvalue weighted by Gasteiger charge is -2.10. The zero-order valence-corrected chi connectivity index (χ0v) is 14.0. The van der Waals surface area contributed by atoms with E-state index < -0.39 is 0 Å². The molecule has 0 aliphatic carbocycles. The largest absolute Gasteiger partial charge is 0.397 e. The summed E-state index contributed by atoms with van der Waals surface area (Å²) in [7, 11) is 1.85. The van der Waals surface area contributed by atoms with Crippen LogP contribution in [-0.2, 0) is 7.05 Å². The second kappa shape index (κ2) is 7.00. The van der Waals surface area contributed by atoms with Gasteiger partial charge >= 0.3 is 0 Å². The monoisotopic (exact) mass is 337 g/mol. The predicted molar refractivity (Wildman–Crippen MR) is 97.2 cm³/mol. The van der Waals surface area contributed by atoms with Crippen molar-refractivity contribution < 1.29 is 4.79 Å². The number of nitrogens with zero attached hydrogens (tertiary/aromatic N) is 4. The Morgan fingerprint density at radius 3 is 2.68 bits per heavy atom. The van der Waals surface area contributed by atoms with Crippen LogP contribution in [0.5, 0.6) is 0 Å². The Bertz CT molecular complexity index is 886. The third-order valence-corrected chi connectivity index (χ3v) is 3.58. The van der Waals surface area contributed by atoms with E-state index in [4.69, 9.17) is 5.73 Å². The van der Waals surface area contributed by atoms with E-state index in [1.807, 2.05) is 32.3 Å². The first kappa shape index (κ1) is 16.4. The van der Waals surface area contributed by atoms with E-state index in [-0.39, 0.29) is 11.6 Å². The zero-order valence-electron chi connectivity index (χ0n) is 14.0. The molecule has 2 aromatic heterocycles. The van der Waals surface area contributed by atoms with Crippen LogP contribution in [0.4, 0.5) is 17.2 Å². The minimum absolute atomic E-state index is 0.216. The number of aryl methyl sites for hydroxylation is 1. The number of anilines is 3. The maximum Gasteiger partial charge on any atom is 0.275 e. The standard InChI is InChI=1S/C17H19N7O/c1-3-19-16-9-20-15(8-21-16)17(25)23-14-6-11(4-5-13(14)18)12-7-22-24(2)10-12/h4-10H,3,18H2,1-2H3,(H,19,21)(H,23,25). The van der Waals surface area contributed by atoms with Gasteiger partial charge in [0.1, 0.15) is 11.5 Å². The Morgan fingerprint density at radius 2 is 2.04 bits per heavy atom. The summed E-state index contributed by atoms with van der Waals surface area (Å²) < 4.78 is 1.71. The Kier molecular flexibility index (Phi) is 4.60. The Morgan fingerprint density at radius 1 is 1.20 bits per heavy atom. The van der Waals surface area contributed by atoms with Crippen molar-refractivity contribution >= 4 is 23.1 Å². The van der Waals surface area contributed by atoms with Gasteiger partial charge in [-0.25, -0.2) is 9.97 Å². The molecule has 0 bridgehead atoms. The van der Waals surface area contributed by atoms with E-state index in [9.17, 15) is 4.79 Å². The SMILES string of the molecule is CCNc1cnc(C(=O)Nc2cc(-c3cnn(C)c3)ccc2N)cn1. The van der Waals surface area contributed by atoms with Gasteiger partial charge in [0.25, 0.3) is 5.91 Å². The lowest BCUT2D eigenvalue weighted by Crippen LogP contribution is -2.15. The van der Waals surface area contributed by atoms with Crippen molar-refractivity contribution in [1.29, 1.82) is 0 Å². The molecule has 3 aromatic rings. The van der Waals surface area contributed by atoms with Crippen molar-refractivity contribution in [3.63, 3.8) is 0 Å². The second-order valence-corrected chi connectivity index (χ2v) is 5.48. The van der Waals surface area contributed by atoms with E-state index in [2.05, 4.69) is 25.7 Å². The third kappa shape index (κ3) is 3.74. The van der Waals surface area contributed by atoms with Crippen LogP contribution < -0.4 is 16.4 Å². The van der Waals surface area contributed by atoms with Crippen LogP contribution in [-0.4, -0.2) is 32.2 Å². The third-order valence-electron chi connectivity index (χ3n) is 3.58. The number of rotatable bonds is 5. The van der Waals surface area contributed by atoms with Crippen molar-refractivity contribution in [3.05, 3.63) is 48.7 Å². The fourth-order valence-corrected chi connectivity index (χ4v) is 2.32. The quantitative estimate of drug-likeness (QED) is 0.615. The number of carbonyl (C=O) groups is 1. The van der Waals surface area contributed by atoms with Gasteiger partial charge in [-0.15, -0.1) is 0 Å². The highest BCUT2D eigenvalue weighted by Crippen LogP contribution is 2.27. The summed E-state index contributed by atoms with van der Waals surface area (Å²) in [5.41, 5.74) is 9.03. The van der Waals surface area contributed by atoms with Crippen LogP contribution >= 0.6 is 0 Å². The number of nitrogen functional groups attached to an aromatic ring is 1. The maximum absolute atomic E-state index is 12.4. The highest BCUT2D eigenvalue weighted by Gasteiger charge is 2.12. The first-order chi connectivity index (χ1) is 12.1. The van der Waals surface area contributed by atoms with Gasteiger partial charge in [0.2, 0.25) is 0 Å². The summed E-state index contributed by atoms with van der Waals surface area (Å²) in [5.74, 6) is 0.253. The number of amides is 1. The molecule has 0 aliphatic rings. The molecule has 0 saturated heterocycles. The molecule has 1 aromatic carbocycles. The van der Waals surface area contributed by atoms with Gasteiger partial charge in [0.15, 0.2) is 0 Å². The van der Waals surface area contributed by atoms with E-state index in [1.54, 1.807) is 16.9 Å². The van der Waals surface area contributed by atoms with E-state index in [0.717, 1.165) is 17.7 Å². The molecule has 128 valence electrons. The summed E-state index contributed by atoms with van der Waals surface area (Å²) in [6.07, 6.45) is 6.59. The zero-order chi connectivity index (χ0) is 17.8. The summed E-state index contributed by atoms with van der Waals surface area (Å²) in [5, 5.41) is 9.96. The van der Waals surface area contributed by atoms with Crippen molar-refractivity contribution in [1.82, 2.24) is 19.7 Å². The van der Waals surface area contributed by atoms with Gasteiger partial charge in [-0.3, -0.25) is 9.48 Å². The fraction of sp³-hybridized carbons (Fsp3) is 0.176. The molecule has 8 heteroatoms. The van der Waals surface area contributed by atoms with Crippen LogP contribution in [0.3, 0.4) is 0 Å². The first-order valence-corrected chi connectivity index (χ1v) is 7.82. The molecule has 1 amide bonds. The molecule has 0 unspecified atom stereocenters. The van der Waals surface area contributed by atoms with Gasteiger partial charge in [-0.1, -0.05) is 6.07 Å². The average molecular weight is 337 g/mol. The first-order valence-electron chi connectivity index (χ1n) is 7.82. The average Bonchev–Trinajstić information content (AvgIpc) is 3.04. The van der Waals surface area contributed by atoms with E-state index >= 15 is 0 Å². The molecule has 4 N–H and O–H groups in total. The van der Waals surface area contributed by atoms with Crippen LogP contribution in [0.2, 0.25) is 0 Å². The molecule has 0 spiro atoms. The number of aromatic nitrogens is 4. The van der Waals surface area contributed by atoms with Gasteiger partial charge in [0.05, 0.1) is 30.0 Å². The normalized spacial score (nSPS) is 10.5. The molecule has 0 atom stereocenters. The van der Waals surface area contributed by atoms with E-state index in [0.29, 0.717) is 17.2 Å². The number of hydrogen-bond acceptors (Lipinski definition) is 6. The highest BCUT2D eigenvalue weighted by molar-refractivity contribution is 6.04. The molecule has 0 radical (unpaired) electrons. The maximum atomic E-state index is 12.4. The lowest BCUT2D eigenvalue weighted by atomic mass is 10.1. The topological polar surface area (TPSA) is 111 Å². The summed E-state index contributed by atoms with van der Waals surface area (Å²) >= 11 is 0. The number of benzene rings is 1. The molecule has 0 aliphatic heterocycles. The minimum Gasteiger partial charge on any atom is -0.397 e. The Balaban J connectivity index is 1.80. The van der Waals surface area contributed by atoms with Gasteiger partial charge in [0, 0.05) is 25.4 Å². The Labute approximate surface area is 145 Å². The smallest absolute Gasteiger partial charge is 0.275 e. The number of nitrogens with one attached hydrogen (secondary N) is 2. The number of nitrogens with two attached hydrogens (primary N) is 1. The van der Waals surface area contributed by atoms with Gasteiger partial charge < -0.3 is 16.4 Å². The second-order valence-electron chi connectivity index (χ2n) is 5.48. The number of hydrogen-bond donors (Lipinski definition) is 3. The Hall–Kier alpha value is -3.42. The number of carbonyl (C=O) groups excluding carboxylic acids is 1. The van der Waals surface area contributed by atoms with Crippen molar-refractivity contribution in [2.45, 2.75) is 6.92 Å². The molecule has 8 nitrogen and oxygen atoms in total. The molecular formula is C17H19N7O. The minimum atomic E-state index is -0.370. The molecular weight excluding hydrogens is 318 g/mol. The van der Waals surface area contributed by atoms with Gasteiger partial charge in [-0.2, -0.15) is 5.10 Å². The summed E-state index contributed by atoms with van der Waals surface area (Å²) in [6.45, 7) is 2.69. The van der Waals surface area contributed by atoms with Crippen LogP contribution in [0.25, 0.3) is 11.1 Å². The molecule has 0 fully saturated rings. The van der Waals surface area contributed by atoms with Crippen molar-refractivity contribution in [2.75, 3.05) is 22.9 Å². The van der Waals surface area contributed by atoms with Crippen molar-refractivity contribution in [3.8, 4) is 11.1 Å².